The molecule has 3 heterocycles. The van der Waals surface area contributed by atoms with Crippen LogP contribution in [0.1, 0.15) is 36.6 Å². The number of rotatable bonds is 1. The first-order valence-electron chi connectivity index (χ1n) is 9.87. The van der Waals surface area contributed by atoms with Crippen molar-refractivity contribution in [3.8, 4) is 0 Å². The number of piperidine rings is 1. The van der Waals surface area contributed by atoms with E-state index in [1.165, 1.54) is 29.3 Å². The molecule has 1 unspecified atom stereocenters. The van der Waals surface area contributed by atoms with E-state index in [0.717, 1.165) is 38.8 Å². The number of methoxy groups -OCH3 is 1. The van der Waals surface area contributed by atoms with Gasteiger partial charge in [-0.05, 0) is 30.4 Å². The quantitative estimate of drug-likeness (QED) is 0.674. The minimum atomic E-state index is -0.559. The summed E-state index contributed by atoms with van der Waals surface area (Å²) in [5, 5.41) is 11.8. The predicted octanol–water partition coefficient (Wildman–Crippen LogP) is 1.23. The van der Waals surface area contributed by atoms with Gasteiger partial charge in [0.1, 0.15) is 6.04 Å². The fourth-order valence-corrected chi connectivity index (χ4v) is 6.01. The van der Waals surface area contributed by atoms with Crippen LogP contribution in [0, 0.1) is 17.8 Å². The first-order chi connectivity index (χ1) is 12.7. The molecule has 2 fully saturated rings. The zero-order valence-corrected chi connectivity index (χ0v) is 15.2. The monoisotopic (exact) mass is 355 g/mol. The number of aromatic nitrogens is 1. The Hall–Kier alpha value is -1.85. The lowest BCUT2D eigenvalue weighted by Crippen LogP contribution is -3.15. The van der Waals surface area contributed by atoms with Crippen LogP contribution in [0.5, 0.6) is 0 Å². The van der Waals surface area contributed by atoms with Crippen LogP contribution in [0.25, 0.3) is 10.9 Å². The topological polar surface area (TPSA) is 66.8 Å². The Kier molecular flexibility index (Phi) is 3.83. The van der Waals surface area contributed by atoms with Crippen molar-refractivity contribution in [2.24, 2.45) is 17.8 Å². The summed E-state index contributed by atoms with van der Waals surface area (Å²) >= 11 is 0. The van der Waals surface area contributed by atoms with Gasteiger partial charge in [0.05, 0.1) is 37.9 Å². The van der Waals surface area contributed by atoms with Crippen LogP contribution in [0.4, 0.5) is 0 Å². The Labute approximate surface area is 153 Å². The van der Waals surface area contributed by atoms with Gasteiger partial charge >= 0.3 is 5.97 Å². The summed E-state index contributed by atoms with van der Waals surface area (Å²) in [6, 6.07) is 8.95. The third-order valence-electron chi connectivity index (χ3n) is 7.20. The number of quaternary nitrogens is 1. The SMILES string of the molecule is COC(=O)[C@@H]1[C@H]2C[C@H]3c4[nH]c5ccccc5c4CC[NH+]3C[C@H]2CC[C@@H]1O. The van der Waals surface area contributed by atoms with Gasteiger partial charge < -0.3 is 19.7 Å². The maximum Gasteiger partial charge on any atom is 0.311 e. The molecule has 138 valence electrons. The highest BCUT2D eigenvalue weighted by Crippen LogP contribution is 2.43. The highest BCUT2D eigenvalue weighted by atomic mass is 16.5. The zero-order chi connectivity index (χ0) is 17.8. The largest absolute Gasteiger partial charge is 0.469 e. The van der Waals surface area contributed by atoms with Crippen LogP contribution in [0.3, 0.4) is 0 Å². The number of para-hydroxylation sites is 1. The van der Waals surface area contributed by atoms with Crippen molar-refractivity contribution >= 4 is 16.9 Å². The average Bonchev–Trinajstić information content (AvgIpc) is 3.05. The number of aromatic amines is 1. The van der Waals surface area contributed by atoms with Crippen molar-refractivity contribution in [1.82, 2.24) is 4.98 Å². The van der Waals surface area contributed by atoms with Crippen LogP contribution >= 0.6 is 0 Å². The lowest BCUT2D eigenvalue weighted by molar-refractivity contribution is -0.945. The number of hydrogen-bond donors (Lipinski definition) is 3. The number of benzene rings is 1. The summed E-state index contributed by atoms with van der Waals surface area (Å²) in [5.41, 5.74) is 4.03. The normalized spacial score (nSPS) is 36.1. The third-order valence-corrected chi connectivity index (χ3v) is 7.20. The van der Waals surface area contributed by atoms with Crippen molar-refractivity contribution in [3.63, 3.8) is 0 Å². The van der Waals surface area contributed by atoms with E-state index in [4.69, 9.17) is 4.74 Å². The second-order valence-corrected chi connectivity index (χ2v) is 8.33. The molecule has 1 aromatic heterocycles. The minimum absolute atomic E-state index is 0.220. The Morgan fingerprint density at radius 3 is 3.00 bits per heavy atom. The fourth-order valence-electron chi connectivity index (χ4n) is 6.01. The number of hydrogen-bond acceptors (Lipinski definition) is 3. The summed E-state index contributed by atoms with van der Waals surface area (Å²) in [6.07, 6.45) is 3.25. The summed E-state index contributed by atoms with van der Waals surface area (Å²) in [5.74, 6) is 0.135. The van der Waals surface area contributed by atoms with E-state index in [1.807, 2.05) is 0 Å². The van der Waals surface area contributed by atoms with Crippen LogP contribution in [-0.4, -0.2) is 42.4 Å². The fraction of sp³-hybridized carbons (Fsp3) is 0.571. The highest BCUT2D eigenvalue weighted by Gasteiger charge is 2.51. The molecule has 1 saturated heterocycles. The number of esters is 1. The molecule has 5 nitrogen and oxygen atoms in total. The highest BCUT2D eigenvalue weighted by molar-refractivity contribution is 5.85. The standard InChI is InChI=1S/C21H26N2O3/c1-26-21(25)19-15-10-17-20-14(13-4-2-3-5-16(13)22-20)8-9-23(17)11-12(15)6-7-18(19)24/h2-5,12,15,17-19,22,24H,6-11H2,1H3/p+1/t12-,15+,17+,18+,19-/m1/s1. The predicted molar refractivity (Wildman–Crippen MR) is 97.8 cm³/mol. The first kappa shape index (κ1) is 16.3. The van der Waals surface area contributed by atoms with E-state index in [2.05, 4.69) is 29.2 Å². The summed E-state index contributed by atoms with van der Waals surface area (Å²) in [6.45, 7) is 2.26. The lowest BCUT2D eigenvalue weighted by Gasteiger charge is -2.48. The second kappa shape index (κ2) is 6.10. The van der Waals surface area contributed by atoms with Gasteiger partial charge in [0, 0.05) is 29.7 Å². The number of aliphatic hydroxyl groups excluding tert-OH is 1. The van der Waals surface area contributed by atoms with Crippen molar-refractivity contribution < 1.29 is 19.5 Å². The molecule has 1 saturated carbocycles. The molecule has 5 rings (SSSR count). The third kappa shape index (κ3) is 2.33. The van der Waals surface area contributed by atoms with Crippen LogP contribution in [-0.2, 0) is 16.0 Å². The number of H-pyrrole nitrogens is 1. The number of aliphatic hydroxyl groups is 1. The molecule has 3 aliphatic rings. The Morgan fingerprint density at radius 1 is 1.31 bits per heavy atom. The van der Waals surface area contributed by atoms with E-state index in [9.17, 15) is 9.90 Å². The molecule has 2 aliphatic heterocycles. The Balaban J connectivity index is 1.52. The lowest BCUT2D eigenvalue weighted by atomic mass is 9.65. The van der Waals surface area contributed by atoms with E-state index in [0.29, 0.717) is 12.0 Å². The molecular formula is C21H27N2O3+. The van der Waals surface area contributed by atoms with Crippen molar-refractivity contribution in [2.75, 3.05) is 20.2 Å². The van der Waals surface area contributed by atoms with Gasteiger partial charge in [-0.15, -0.1) is 0 Å². The Morgan fingerprint density at radius 2 is 2.15 bits per heavy atom. The molecule has 0 radical (unpaired) electrons. The molecule has 6 atom stereocenters. The van der Waals surface area contributed by atoms with Gasteiger partial charge in [-0.25, -0.2) is 0 Å². The maximum absolute atomic E-state index is 12.4. The zero-order valence-electron chi connectivity index (χ0n) is 15.2. The molecular weight excluding hydrogens is 328 g/mol. The van der Waals surface area contributed by atoms with E-state index in [-0.39, 0.29) is 17.8 Å². The Bertz CT molecular complexity index is 845. The van der Waals surface area contributed by atoms with E-state index < -0.39 is 6.10 Å². The van der Waals surface area contributed by atoms with Crippen LogP contribution < -0.4 is 4.90 Å². The number of carbonyl (C=O) groups is 1. The molecule has 5 heteroatoms. The number of fused-ring (bicyclic) bond motifs is 6. The van der Waals surface area contributed by atoms with Gasteiger partial charge in [-0.2, -0.15) is 0 Å². The first-order valence-corrected chi connectivity index (χ1v) is 9.87. The number of ether oxygens (including phenoxy) is 1. The van der Waals surface area contributed by atoms with Crippen LogP contribution in [0.15, 0.2) is 24.3 Å². The van der Waals surface area contributed by atoms with E-state index in [1.54, 1.807) is 4.90 Å². The molecule has 0 spiro atoms. The molecule has 2 aromatic rings. The summed E-state index contributed by atoms with van der Waals surface area (Å²) < 4.78 is 5.05. The summed E-state index contributed by atoms with van der Waals surface area (Å²) in [4.78, 5) is 17.7. The van der Waals surface area contributed by atoms with Crippen LogP contribution in [0.2, 0.25) is 0 Å². The second-order valence-electron chi connectivity index (χ2n) is 8.33. The van der Waals surface area contributed by atoms with Gasteiger partial charge in [-0.3, -0.25) is 4.79 Å². The van der Waals surface area contributed by atoms with Crippen molar-refractivity contribution in [3.05, 3.63) is 35.5 Å². The van der Waals surface area contributed by atoms with Gasteiger partial charge in [-0.1, -0.05) is 18.2 Å². The molecule has 3 N–H and O–H groups in total. The van der Waals surface area contributed by atoms with Gasteiger partial charge in [0.15, 0.2) is 0 Å². The van der Waals surface area contributed by atoms with E-state index >= 15 is 0 Å². The number of nitrogens with one attached hydrogen (secondary N) is 2. The van der Waals surface area contributed by atoms with Gasteiger partial charge in [0.25, 0.3) is 0 Å². The van der Waals surface area contributed by atoms with Crippen molar-refractivity contribution in [2.45, 2.75) is 37.8 Å². The molecule has 0 bridgehead atoms. The minimum Gasteiger partial charge on any atom is -0.469 e. The smallest absolute Gasteiger partial charge is 0.311 e. The molecule has 1 aromatic carbocycles. The molecule has 26 heavy (non-hydrogen) atoms. The van der Waals surface area contributed by atoms with Gasteiger partial charge in [0.2, 0.25) is 0 Å². The molecule has 0 amide bonds. The summed E-state index contributed by atoms with van der Waals surface area (Å²) in [7, 11) is 1.44. The van der Waals surface area contributed by atoms with Crippen molar-refractivity contribution in [1.29, 1.82) is 0 Å². The molecule has 1 aliphatic carbocycles. The number of carbonyl (C=O) groups excluding carboxylic acids is 1. The average molecular weight is 355 g/mol. The maximum atomic E-state index is 12.4.